The largest absolute Gasteiger partial charge is 0.493 e. The SMILES string of the molecule is CC[C@H](C)[C@@H](Nc1ccc2c(cc1=O)[C@@H](NC(C)=O)CCc1cc(OC)c(OC)c(OC)c1-2)C(=O)NCc1ccc(S(N)(=O)=O)cc1. The molecule has 252 valence electrons. The molecule has 0 fully saturated rings. The molecule has 47 heavy (non-hydrogen) atoms. The van der Waals surface area contributed by atoms with Gasteiger partial charge < -0.3 is 30.2 Å². The second-order valence-corrected chi connectivity index (χ2v) is 13.1. The average molecular weight is 667 g/mol. The number of methoxy groups -OCH3 is 3. The number of hydrogen-bond acceptors (Lipinski definition) is 9. The van der Waals surface area contributed by atoms with Crippen LogP contribution in [0.25, 0.3) is 11.1 Å². The number of nitrogens with two attached hydrogens (primary N) is 1. The number of sulfonamides is 1. The van der Waals surface area contributed by atoms with Crippen LogP contribution < -0.4 is 40.7 Å². The number of primary sulfonamides is 1. The van der Waals surface area contributed by atoms with Gasteiger partial charge in [-0.05, 0) is 71.3 Å². The molecule has 12 nitrogen and oxygen atoms in total. The Bertz CT molecular complexity index is 1810. The highest BCUT2D eigenvalue weighted by Gasteiger charge is 2.30. The predicted molar refractivity (Wildman–Crippen MR) is 179 cm³/mol. The van der Waals surface area contributed by atoms with Gasteiger partial charge in [-0.25, -0.2) is 13.6 Å². The Kier molecular flexibility index (Phi) is 11.1. The summed E-state index contributed by atoms with van der Waals surface area (Å²) in [4.78, 5) is 39.6. The van der Waals surface area contributed by atoms with Crippen molar-refractivity contribution in [3.05, 3.63) is 75.4 Å². The second-order valence-electron chi connectivity index (χ2n) is 11.5. The molecule has 0 spiro atoms. The minimum Gasteiger partial charge on any atom is -0.493 e. The Hall–Kier alpha value is -4.62. The minimum absolute atomic E-state index is 0.0244. The molecule has 3 aromatic carbocycles. The van der Waals surface area contributed by atoms with Crippen molar-refractivity contribution < 1.29 is 32.2 Å². The van der Waals surface area contributed by atoms with Gasteiger partial charge in [0.05, 0.1) is 38.0 Å². The number of rotatable bonds is 12. The highest BCUT2D eigenvalue weighted by atomic mass is 32.2. The Balaban J connectivity index is 1.76. The summed E-state index contributed by atoms with van der Waals surface area (Å²) < 4.78 is 40.3. The molecule has 4 rings (SSSR count). The van der Waals surface area contributed by atoms with Crippen LogP contribution in [0.3, 0.4) is 0 Å². The van der Waals surface area contributed by atoms with E-state index in [2.05, 4.69) is 16.0 Å². The first kappa shape index (κ1) is 35.2. The van der Waals surface area contributed by atoms with Gasteiger partial charge in [-0.3, -0.25) is 14.4 Å². The highest BCUT2D eigenvalue weighted by molar-refractivity contribution is 7.89. The van der Waals surface area contributed by atoms with E-state index in [1.165, 1.54) is 39.3 Å². The fourth-order valence-electron chi connectivity index (χ4n) is 5.79. The maximum Gasteiger partial charge on any atom is 0.243 e. The standard InChI is InChI=1S/C34H42N4O8S/c1-7-19(2)31(34(41)36-18-21-8-11-23(12-9-21)47(35,42)43)38-27-15-13-24-25(17-28(27)40)26(37-20(3)39)14-10-22-16-29(44-4)32(45-5)33(46-6)30(22)24/h8-9,11-13,15-17,19,26,31H,7,10,14,18H2,1-6H3,(H,36,41)(H,37,39)(H,38,40)(H2,35,42,43)/t19-,26-,31+/m0/s1. The summed E-state index contributed by atoms with van der Waals surface area (Å²) in [6, 6.07) is 11.5. The van der Waals surface area contributed by atoms with Gasteiger partial charge in [-0.1, -0.05) is 38.5 Å². The monoisotopic (exact) mass is 666 g/mol. The summed E-state index contributed by atoms with van der Waals surface area (Å²) in [7, 11) is 0.766. The van der Waals surface area contributed by atoms with Crippen LogP contribution in [-0.4, -0.2) is 47.6 Å². The van der Waals surface area contributed by atoms with Crippen LogP contribution in [0.5, 0.6) is 17.2 Å². The van der Waals surface area contributed by atoms with E-state index in [9.17, 15) is 22.8 Å². The molecule has 0 bridgehead atoms. The fourth-order valence-corrected chi connectivity index (χ4v) is 6.31. The number of benzene rings is 2. The molecule has 0 unspecified atom stereocenters. The predicted octanol–water partition coefficient (Wildman–Crippen LogP) is 3.65. The molecular weight excluding hydrogens is 624 g/mol. The molecule has 13 heteroatoms. The van der Waals surface area contributed by atoms with E-state index in [0.29, 0.717) is 53.2 Å². The van der Waals surface area contributed by atoms with Gasteiger partial charge in [0, 0.05) is 19.0 Å². The van der Waals surface area contributed by atoms with Crippen LogP contribution in [0.2, 0.25) is 0 Å². The van der Waals surface area contributed by atoms with Crippen LogP contribution in [0.15, 0.2) is 58.2 Å². The first-order valence-electron chi connectivity index (χ1n) is 15.3. The maximum absolute atomic E-state index is 13.8. The number of carbonyl (C=O) groups is 2. The van der Waals surface area contributed by atoms with Crippen LogP contribution in [-0.2, 0) is 32.6 Å². The van der Waals surface area contributed by atoms with Crippen LogP contribution in [0, 0.1) is 5.92 Å². The summed E-state index contributed by atoms with van der Waals surface area (Å²) in [5.74, 6) is 0.609. The van der Waals surface area contributed by atoms with Crippen LogP contribution in [0.4, 0.5) is 5.69 Å². The minimum atomic E-state index is -3.83. The zero-order chi connectivity index (χ0) is 34.5. The molecule has 0 saturated carbocycles. The molecule has 5 N–H and O–H groups in total. The van der Waals surface area contributed by atoms with Crippen molar-refractivity contribution in [2.75, 3.05) is 26.6 Å². The molecule has 3 aromatic rings. The third-order valence-electron chi connectivity index (χ3n) is 8.44. The lowest BCUT2D eigenvalue weighted by molar-refractivity contribution is -0.123. The Morgan fingerprint density at radius 1 is 1.00 bits per heavy atom. The maximum atomic E-state index is 13.8. The summed E-state index contributed by atoms with van der Waals surface area (Å²) >= 11 is 0. The topological polar surface area (TPSA) is 175 Å². The van der Waals surface area contributed by atoms with Crippen LogP contribution in [0.1, 0.15) is 56.3 Å². The molecule has 0 heterocycles. The number of carbonyl (C=O) groups excluding carboxylic acids is 2. The Morgan fingerprint density at radius 3 is 2.26 bits per heavy atom. The molecule has 0 radical (unpaired) electrons. The molecular formula is C34H42N4O8S. The third-order valence-corrected chi connectivity index (χ3v) is 9.37. The van der Waals surface area contributed by atoms with E-state index in [0.717, 1.165) is 11.1 Å². The molecule has 2 amide bonds. The summed E-state index contributed by atoms with van der Waals surface area (Å²) in [6.07, 6.45) is 1.73. The second kappa shape index (κ2) is 14.9. The summed E-state index contributed by atoms with van der Waals surface area (Å²) in [5.41, 5.74) is 3.43. The molecule has 0 aliphatic heterocycles. The number of fused-ring (bicyclic) bond motifs is 3. The lowest BCUT2D eigenvalue weighted by Gasteiger charge is -2.24. The number of hydrogen-bond donors (Lipinski definition) is 4. The normalized spacial score (nSPS) is 15.2. The van der Waals surface area contributed by atoms with E-state index < -0.39 is 22.1 Å². The number of aryl methyl sites for hydroxylation is 1. The van der Waals surface area contributed by atoms with Gasteiger partial charge in [0.15, 0.2) is 11.5 Å². The summed E-state index contributed by atoms with van der Waals surface area (Å²) in [5, 5.41) is 14.3. The molecule has 1 aliphatic carbocycles. The number of nitrogens with one attached hydrogen (secondary N) is 3. The molecule has 3 atom stereocenters. The zero-order valence-corrected chi connectivity index (χ0v) is 28.2. The van der Waals surface area contributed by atoms with Gasteiger partial charge in [-0.2, -0.15) is 0 Å². The van der Waals surface area contributed by atoms with E-state index >= 15 is 0 Å². The van der Waals surface area contributed by atoms with Gasteiger partial charge >= 0.3 is 0 Å². The van der Waals surface area contributed by atoms with E-state index in [1.54, 1.807) is 31.4 Å². The number of amides is 2. The van der Waals surface area contributed by atoms with Crippen molar-refractivity contribution >= 4 is 27.5 Å². The Labute approximate surface area is 275 Å². The number of anilines is 1. The fraction of sp³-hybridized carbons (Fsp3) is 0.382. The smallest absolute Gasteiger partial charge is 0.243 e. The van der Waals surface area contributed by atoms with Crippen molar-refractivity contribution in [2.45, 2.75) is 63.6 Å². The van der Waals surface area contributed by atoms with Crippen molar-refractivity contribution in [2.24, 2.45) is 11.1 Å². The third kappa shape index (κ3) is 7.86. The summed E-state index contributed by atoms with van der Waals surface area (Å²) in [6.45, 7) is 5.43. The first-order valence-corrected chi connectivity index (χ1v) is 16.8. The van der Waals surface area contributed by atoms with Crippen molar-refractivity contribution in [1.29, 1.82) is 0 Å². The lowest BCUT2D eigenvalue weighted by Crippen LogP contribution is -2.44. The van der Waals surface area contributed by atoms with Crippen LogP contribution >= 0.6 is 0 Å². The van der Waals surface area contributed by atoms with Gasteiger partial charge in [-0.15, -0.1) is 0 Å². The molecule has 0 saturated heterocycles. The lowest BCUT2D eigenvalue weighted by atomic mass is 9.95. The molecule has 1 aliphatic rings. The average Bonchev–Trinajstić information content (AvgIpc) is 3.28. The Morgan fingerprint density at radius 2 is 1.68 bits per heavy atom. The van der Waals surface area contributed by atoms with Gasteiger partial charge in [0.25, 0.3) is 0 Å². The van der Waals surface area contributed by atoms with E-state index in [4.69, 9.17) is 19.3 Å². The zero-order valence-electron chi connectivity index (χ0n) is 27.4. The molecule has 0 aromatic heterocycles. The number of ether oxygens (including phenoxy) is 3. The van der Waals surface area contributed by atoms with E-state index in [1.807, 2.05) is 19.9 Å². The highest BCUT2D eigenvalue weighted by Crippen LogP contribution is 2.50. The van der Waals surface area contributed by atoms with Crippen molar-refractivity contribution in [3.8, 4) is 28.4 Å². The van der Waals surface area contributed by atoms with Crippen molar-refractivity contribution in [1.82, 2.24) is 10.6 Å². The quantitative estimate of drug-likeness (QED) is 0.225. The first-order chi connectivity index (χ1) is 22.3. The van der Waals surface area contributed by atoms with Gasteiger partial charge in [0.2, 0.25) is 33.0 Å². The van der Waals surface area contributed by atoms with Gasteiger partial charge in [0.1, 0.15) is 6.04 Å². The van der Waals surface area contributed by atoms with E-state index in [-0.39, 0.29) is 40.3 Å². The van der Waals surface area contributed by atoms with Crippen molar-refractivity contribution in [3.63, 3.8) is 0 Å².